The van der Waals surface area contributed by atoms with Gasteiger partial charge in [-0.3, -0.25) is 14.4 Å². The second-order valence-corrected chi connectivity index (χ2v) is 11.5. The Hall–Kier alpha value is -5.31. The maximum atomic E-state index is 13.3. The molecule has 4 aromatic rings. The van der Waals surface area contributed by atoms with Gasteiger partial charge in [0.25, 0.3) is 5.91 Å². The first-order valence-electron chi connectivity index (χ1n) is 15.5. The highest BCUT2D eigenvalue weighted by Gasteiger charge is 2.20. The van der Waals surface area contributed by atoms with Crippen LogP contribution >= 0.6 is 0 Å². The number of nitrogens with zero attached hydrogens (tertiary/aromatic N) is 3. The molecule has 1 unspecified atom stereocenters. The number of allylic oxidation sites excluding steroid dienone is 2. The summed E-state index contributed by atoms with van der Waals surface area (Å²) in [6.07, 6.45) is 10.8. The Morgan fingerprint density at radius 2 is 1.59 bits per heavy atom. The molecule has 0 spiro atoms. The van der Waals surface area contributed by atoms with Crippen LogP contribution in [0.2, 0.25) is 0 Å². The van der Waals surface area contributed by atoms with E-state index in [2.05, 4.69) is 28.3 Å². The Morgan fingerprint density at radius 1 is 0.913 bits per heavy atom. The van der Waals surface area contributed by atoms with E-state index >= 15 is 0 Å². The number of carboxylic acid groups (broad SMARTS) is 1. The van der Waals surface area contributed by atoms with Gasteiger partial charge in [-0.2, -0.15) is 0 Å². The van der Waals surface area contributed by atoms with Gasteiger partial charge in [0.05, 0.1) is 13.5 Å². The van der Waals surface area contributed by atoms with E-state index in [1.807, 2.05) is 48.8 Å². The summed E-state index contributed by atoms with van der Waals surface area (Å²) in [6, 6.07) is 21.1. The van der Waals surface area contributed by atoms with Crippen molar-refractivity contribution in [1.82, 2.24) is 14.9 Å². The van der Waals surface area contributed by atoms with Crippen molar-refractivity contribution in [3.05, 3.63) is 114 Å². The van der Waals surface area contributed by atoms with E-state index in [9.17, 15) is 19.5 Å². The first kappa shape index (κ1) is 32.1. The van der Waals surface area contributed by atoms with Crippen molar-refractivity contribution >= 4 is 29.0 Å². The van der Waals surface area contributed by atoms with Crippen molar-refractivity contribution < 1.29 is 24.2 Å². The highest BCUT2D eigenvalue weighted by Crippen LogP contribution is 2.31. The Morgan fingerprint density at radius 3 is 2.17 bits per heavy atom. The average Bonchev–Trinajstić information content (AvgIpc) is 3.08. The summed E-state index contributed by atoms with van der Waals surface area (Å²) in [5.41, 5.74) is 5.66. The molecule has 1 aromatic heterocycles. The van der Waals surface area contributed by atoms with Crippen LogP contribution in [0.1, 0.15) is 59.7 Å². The molecule has 0 saturated heterocycles. The minimum atomic E-state index is -1.11. The number of methoxy groups -OCH3 is 1. The Labute approximate surface area is 269 Å². The predicted octanol–water partition coefficient (Wildman–Crippen LogP) is 6.65. The predicted molar refractivity (Wildman–Crippen MR) is 177 cm³/mol. The molecule has 0 bridgehead atoms. The lowest BCUT2D eigenvalue weighted by molar-refractivity contribution is -0.137. The topological polar surface area (TPSA) is 122 Å². The largest absolute Gasteiger partial charge is 0.497 e. The maximum absolute atomic E-state index is 13.3. The van der Waals surface area contributed by atoms with Crippen LogP contribution in [0, 0.1) is 5.92 Å². The zero-order valence-electron chi connectivity index (χ0n) is 26.1. The summed E-state index contributed by atoms with van der Waals surface area (Å²) in [4.78, 5) is 47.9. The van der Waals surface area contributed by atoms with E-state index < -0.39 is 18.4 Å². The number of carboxylic acids is 1. The number of carbonyl (C=O) groups is 3. The van der Waals surface area contributed by atoms with E-state index in [0.29, 0.717) is 22.8 Å². The van der Waals surface area contributed by atoms with Crippen molar-refractivity contribution in [2.75, 3.05) is 19.0 Å². The van der Waals surface area contributed by atoms with Gasteiger partial charge in [-0.15, -0.1) is 0 Å². The molecule has 0 aliphatic heterocycles. The van der Waals surface area contributed by atoms with Crippen LogP contribution in [-0.2, 0) is 22.6 Å². The summed E-state index contributed by atoms with van der Waals surface area (Å²) in [6.45, 7) is 1.89. The highest BCUT2D eigenvalue weighted by atomic mass is 16.5. The average molecular weight is 619 g/mol. The van der Waals surface area contributed by atoms with Crippen LogP contribution in [-0.4, -0.2) is 51.4 Å². The molecule has 9 heteroatoms. The number of aromatic nitrogens is 2. The molecule has 0 fully saturated rings. The van der Waals surface area contributed by atoms with E-state index in [1.165, 1.54) is 23.3 Å². The monoisotopic (exact) mass is 618 g/mol. The molecule has 5 rings (SSSR count). The van der Waals surface area contributed by atoms with Gasteiger partial charge in [0.1, 0.15) is 12.3 Å². The Balaban J connectivity index is 1.20. The normalized spacial score (nSPS) is 14.2. The second-order valence-electron chi connectivity index (χ2n) is 11.5. The van der Waals surface area contributed by atoms with Crippen LogP contribution in [0.15, 0.2) is 91.3 Å². The zero-order valence-corrected chi connectivity index (χ0v) is 26.1. The fourth-order valence-corrected chi connectivity index (χ4v) is 5.52. The van der Waals surface area contributed by atoms with Gasteiger partial charge >= 0.3 is 5.97 Å². The fraction of sp³-hybridized carbons (Fsp3) is 0.270. The van der Waals surface area contributed by atoms with Gasteiger partial charge < -0.3 is 20.1 Å². The lowest BCUT2D eigenvalue weighted by atomic mass is 9.86. The minimum Gasteiger partial charge on any atom is -0.497 e. The van der Waals surface area contributed by atoms with Crippen LogP contribution in [0.5, 0.6) is 5.75 Å². The molecule has 3 aromatic carbocycles. The van der Waals surface area contributed by atoms with Crippen LogP contribution in [0.3, 0.4) is 0 Å². The minimum absolute atomic E-state index is 0.110. The second kappa shape index (κ2) is 15.1. The SMILES string of the molecule is CCC1CC=C(c2cnc(-c3ccc(CN(CC(=O)O)C(=O)c4ccc(NC(=O)Cc5ccc(OC)cc5)cc4)cc3)nc2)CC1. The number of rotatable bonds is 12. The Bertz CT molecular complexity index is 1680. The Kier molecular flexibility index (Phi) is 10.5. The first-order valence-corrected chi connectivity index (χ1v) is 15.5. The first-order chi connectivity index (χ1) is 22.3. The molecule has 0 saturated carbocycles. The lowest BCUT2D eigenvalue weighted by Gasteiger charge is -2.21. The molecule has 236 valence electrons. The van der Waals surface area contributed by atoms with Gasteiger partial charge in [0, 0.05) is 41.3 Å². The molecule has 46 heavy (non-hydrogen) atoms. The number of aliphatic carboxylic acids is 1. The quantitative estimate of drug-likeness (QED) is 0.182. The summed E-state index contributed by atoms with van der Waals surface area (Å²) >= 11 is 0. The highest BCUT2D eigenvalue weighted by molar-refractivity contribution is 5.97. The van der Waals surface area contributed by atoms with Gasteiger partial charge in [0.2, 0.25) is 5.91 Å². The summed E-state index contributed by atoms with van der Waals surface area (Å²) in [5.74, 6) is 0.344. The molecule has 1 aliphatic rings. The molecule has 0 radical (unpaired) electrons. The van der Waals surface area contributed by atoms with E-state index in [1.54, 1.807) is 43.5 Å². The van der Waals surface area contributed by atoms with Crippen molar-refractivity contribution in [1.29, 1.82) is 0 Å². The van der Waals surface area contributed by atoms with Crippen molar-refractivity contribution in [2.45, 2.75) is 45.6 Å². The summed E-state index contributed by atoms with van der Waals surface area (Å²) in [7, 11) is 1.58. The maximum Gasteiger partial charge on any atom is 0.323 e. The fourth-order valence-electron chi connectivity index (χ4n) is 5.52. The van der Waals surface area contributed by atoms with Gasteiger partial charge in [-0.1, -0.05) is 55.8 Å². The van der Waals surface area contributed by atoms with Gasteiger partial charge in [0.15, 0.2) is 5.82 Å². The number of anilines is 1. The van der Waals surface area contributed by atoms with Crippen molar-refractivity contribution in [3.8, 4) is 17.1 Å². The third kappa shape index (κ3) is 8.44. The number of ether oxygens (including phenoxy) is 1. The molecular formula is C37H38N4O5. The third-order valence-electron chi connectivity index (χ3n) is 8.26. The van der Waals surface area contributed by atoms with Gasteiger partial charge in [-0.05, 0) is 78.3 Å². The molecule has 1 aliphatic carbocycles. The number of benzene rings is 3. The van der Waals surface area contributed by atoms with Crippen LogP contribution in [0.25, 0.3) is 17.0 Å². The number of hydrogen-bond donors (Lipinski definition) is 2. The molecule has 1 heterocycles. The van der Waals surface area contributed by atoms with E-state index in [-0.39, 0.29) is 18.9 Å². The summed E-state index contributed by atoms with van der Waals surface area (Å²) < 4.78 is 5.15. The molecule has 1 atom stereocenters. The van der Waals surface area contributed by atoms with E-state index in [0.717, 1.165) is 41.0 Å². The summed E-state index contributed by atoms with van der Waals surface area (Å²) in [5, 5.41) is 12.3. The lowest BCUT2D eigenvalue weighted by Crippen LogP contribution is -2.35. The standard InChI is InChI=1S/C37H38N4O5/c1-3-25-4-10-28(11-5-25)31-21-38-36(39-22-31)29-12-6-27(7-13-29)23-41(24-35(43)44)37(45)30-14-16-32(17-15-30)40-34(42)20-26-8-18-33(46-2)19-9-26/h6-10,12-19,21-22,25H,3-5,11,20,23-24H2,1-2H3,(H,40,42)(H,43,44). The smallest absolute Gasteiger partial charge is 0.323 e. The van der Waals surface area contributed by atoms with Crippen LogP contribution < -0.4 is 10.1 Å². The number of nitrogens with one attached hydrogen (secondary N) is 1. The molecule has 2 N–H and O–H groups in total. The number of amides is 2. The third-order valence-corrected chi connectivity index (χ3v) is 8.26. The zero-order chi connectivity index (χ0) is 32.5. The van der Waals surface area contributed by atoms with E-state index in [4.69, 9.17) is 4.74 Å². The number of carbonyl (C=O) groups excluding carboxylic acids is 2. The molecule has 2 amide bonds. The molecular weight excluding hydrogens is 580 g/mol. The van der Waals surface area contributed by atoms with Crippen molar-refractivity contribution in [2.24, 2.45) is 5.92 Å². The number of hydrogen-bond acceptors (Lipinski definition) is 6. The van der Waals surface area contributed by atoms with Crippen LogP contribution in [0.4, 0.5) is 5.69 Å². The van der Waals surface area contributed by atoms with Gasteiger partial charge in [-0.25, -0.2) is 9.97 Å². The molecule has 9 nitrogen and oxygen atoms in total. The van der Waals surface area contributed by atoms with Crippen molar-refractivity contribution in [3.63, 3.8) is 0 Å².